The summed E-state index contributed by atoms with van der Waals surface area (Å²) in [5.41, 5.74) is 27.4. The van der Waals surface area contributed by atoms with Crippen molar-refractivity contribution < 1.29 is 0 Å². The van der Waals surface area contributed by atoms with Crippen molar-refractivity contribution in [1.29, 1.82) is 0 Å². The maximum atomic E-state index is 2.84. The quantitative estimate of drug-likeness (QED) is 0.159. The molecule has 0 spiro atoms. The smallest absolute Gasteiger partial charge is 0.252 e. The first-order chi connectivity index (χ1) is 40.1. The Morgan fingerprint density at radius 2 is 0.753 bits per heavy atom. The SMILES string of the molecule is CC(C)(C)c1ccc(N2c3ccc(C(C)(C)C)cc3B3c4ccc(N5c6ccc(C(C)(C)C)cc6C6(C)CCCCC56C)cc4N(c4ccc(C(C)(C)C)cc4)c4cc(N5c6ccc(-c7ccccc7)cc6C6(C)CCCCC56C)cc2c43)cc1. The van der Waals surface area contributed by atoms with Crippen LogP contribution in [0.25, 0.3) is 11.1 Å². The molecule has 0 bridgehead atoms. The second kappa shape index (κ2) is 18.8. The molecule has 2 saturated carbocycles. The molecule has 4 nitrogen and oxygen atoms in total. The number of anilines is 10. The van der Waals surface area contributed by atoms with Crippen LogP contribution in [0.1, 0.15) is 196 Å². The molecule has 0 radical (unpaired) electrons. The van der Waals surface area contributed by atoms with Gasteiger partial charge in [0.1, 0.15) is 0 Å². The highest BCUT2D eigenvalue weighted by atomic mass is 15.3. The van der Waals surface area contributed by atoms with Crippen LogP contribution < -0.4 is 36.0 Å². The second-order valence-electron chi connectivity index (χ2n) is 31.7. The standard InChI is InChI=1S/C80H91BN4/c1-73(2,3)54-27-33-58(34-28-54)82-68-41-32-57(76(10,11)12)48-65(68)81-64-38-37-60(84-67-40-31-56(75(7,8)9)47-63(67)78(14)43-21-22-44-79(78,84)15)49-69(64)83(59-35-29-55(30-36-59)74(4,5)6)71-51-61(50-70(82)72(71)81)85-66-39-26-53(52-24-18-17-19-25-52)46-62(66)77(13)42-20-23-45-80(77,85)16/h17-19,24-41,46-51H,20-23,42-45H2,1-16H3. The number of hydrogen-bond donors (Lipinski definition) is 0. The fraction of sp³-hybridized carbons (Fsp3) is 0.400. The Kier molecular flexibility index (Phi) is 12.3. The predicted octanol–water partition coefficient (Wildman–Crippen LogP) is 20.1. The van der Waals surface area contributed by atoms with Gasteiger partial charge in [0.05, 0.1) is 11.1 Å². The molecule has 0 aromatic heterocycles. The highest BCUT2D eigenvalue weighted by molar-refractivity contribution is 7.00. The first kappa shape index (κ1) is 55.9. The van der Waals surface area contributed by atoms with Crippen molar-refractivity contribution >= 4 is 80.0 Å². The number of fused-ring (bicyclic) bond motifs is 10. The van der Waals surface area contributed by atoms with Gasteiger partial charge in [-0.05, 0) is 195 Å². The molecule has 8 aromatic carbocycles. The Hall–Kier alpha value is -6.98. The van der Waals surface area contributed by atoms with Gasteiger partial charge in [-0.3, -0.25) is 0 Å². The lowest BCUT2D eigenvalue weighted by atomic mass is 9.33. The molecule has 434 valence electrons. The van der Waals surface area contributed by atoms with Crippen LogP contribution in [0, 0.1) is 0 Å². The van der Waals surface area contributed by atoms with Crippen LogP contribution in [0.3, 0.4) is 0 Å². The lowest BCUT2D eigenvalue weighted by molar-refractivity contribution is 0.195. The topological polar surface area (TPSA) is 13.0 Å². The summed E-state index contributed by atoms with van der Waals surface area (Å²) in [6.45, 7) is 38.6. The van der Waals surface area contributed by atoms with Gasteiger partial charge in [0.15, 0.2) is 0 Å². The average molecular weight is 1120 g/mol. The molecule has 4 aliphatic heterocycles. The zero-order valence-corrected chi connectivity index (χ0v) is 54.1. The van der Waals surface area contributed by atoms with Crippen LogP contribution in [0.2, 0.25) is 0 Å². The van der Waals surface area contributed by atoms with Crippen LogP contribution in [-0.2, 0) is 32.5 Å². The molecule has 2 fully saturated rings. The highest BCUT2D eigenvalue weighted by Gasteiger charge is 2.60. The van der Waals surface area contributed by atoms with Crippen molar-refractivity contribution in [3.8, 4) is 11.1 Å². The minimum Gasteiger partial charge on any atom is -0.334 e. The molecule has 4 heterocycles. The molecular formula is C80H91BN4. The molecule has 5 heteroatoms. The molecule has 2 aliphatic carbocycles. The third-order valence-electron chi connectivity index (χ3n) is 22.6. The third-order valence-corrected chi connectivity index (χ3v) is 22.6. The van der Waals surface area contributed by atoms with Crippen molar-refractivity contribution in [2.45, 2.75) is 206 Å². The monoisotopic (exact) mass is 1120 g/mol. The van der Waals surface area contributed by atoms with Crippen molar-refractivity contribution in [3.63, 3.8) is 0 Å². The van der Waals surface area contributed by atoms with Crippen molar-refractivity contribution in [1.82, 2.24) is 0 Å². The molecule has 0 N–H and O–H groups in total. The van der Waals surface area contributed by atoms with Gasteiger partial charge in [-0.15, -0.1) is 0 Å². The lowest BCUT2D eigenvalue weighted by Gasteiger charge is -2.51. The summed E-state index contributed by atoms with van der Waals surface area (Å²) >= 11 is 0. The first-order valence-electron chi connectivity index (χ1n) is 32.4. The van der Waals surface area contributed by atoms with Gasteiger partial charge in [0.2, 0.25) is 0 Å². The summed E-state index contributed by atoms with van der Waals surface area (Å²) in [5.74, 6) is 0. The van der Waals surface area contributed by atoms with Gasteiger partial charge in [0.25, 0.3) is 6.71 Å². The van der Waals surface area contributed by atoms with E-state index >= 15 is 0 Å². The zero-order chi connectivity index (χ0) is 59.8. The predicted molar refractivity (Wildman–Crippen MR) is 366 cm³/mol. The number of benzene rings is 8. The fourth-order valence-corrected chi connectivity index (χ4v) is 17.0. The van der Waals surface area contributed by atoms with Gasteiger partial charge in [-0.25, -0.2) is 0 Å². The Morgan fingerprint density at radius 3 is 1.28 bits per heavy atom. The van der Waals surface area contributed by atoms with Crippen LogP contribution in [0.4, 0.5) is 56.9 Å². The zero-order valence-electron chi connectivity index (χ0n) is 54.1. The fourth-order valence-electron chi connectivity index (χ4n) is 17.0. The summed E-state index contributed by atoms with van der Waals surface area (Å²) in [6.07, 6.45) is 9.52. The lowest BCUT2D eigenvalue weighted by Crippen LogP contribution is -2.62. The van der Waals surface area contributed by atoms with E-state index in [1.54, 1.807) is 0 Å². The Balaban J connectivity index is 1.08. The van der Waals surface area contributed by atoms with Gasteiger partial charge >= 0.3 is 0 Å². The van der Waals surface area contributed by atoms with Crippen molar-refractivity contribution in [2.24, 2.45) is 0 Å². The normalized spacial score (nSPS) is 23.2. The third kappa shape index (κ3) is 8.27. The van der Waals surface area contributed by atoms with Crippen molar-refractivity contribution in [2.75, 3.05) is 19.6 Å². The van der Waals surface area contributed by atoms with E-state index in [2.05, 4.69) is 294 Å². The molecule has 0 saturated heterocycles. The van der Waals surface area contributed by atoms with Crippen LogP contribution in [0.5, 0.6) is 0 Å². The maximum absolute atomic E-state index is 2.84. The number of rotatable bonds is 5. The minimum atomic E-state index is -0.187. The first-order valence-corrected chi connectivity index (χ1v) is 32.4. The van der Waals surface area contributed by atoms with Gasteiger partial charge < -0.3 is 19.6 Å². The summed E-state index contributed by atoms with van der Waals surface area (Å²) in [7, 11) is 0. The minimum absolute atomic E-state index is 0.00308. The van der Waals surface area contributed by atoms with E-state index in [4.69, 9.17) is 0 Å². The van der Waals surface area contributed by atoms with E-state index in [1.807, 2.05) is 0 Å². The summed E-state index contributed by atoms with van der Waals surface area (Å²) in [6, 6.07) is 65.8. The number of nitrogens with zero attached hydrogens (tertiary/aromatic N) is 4. The summed E-state index contributed by atoms with van der Waals surface area (Å²) < 4.78 is 0. The Morgan fingerprint density at radius 1 is 0.329 bits per heavy atom. The van der Waals surface area contributed by atoms with Crippen molar-refractivity contribution in [3.05, 3.63) is 197 Å². The van der Waals surface area contributed by atoms with Gasteiger partial charge in [-0.1, -0.05) is 214 Å². The van der Waals surface area contributed by atoms with Crippen LogP contribution in [0.15, 0.2) is 164 Å². The molecule has 0 amide bonds. The average Bonchev–Trinajstić information content (AvgIpc) is 1.73. The number of hydrogen-bond acceptors (Lipinski definition) is 4. The molecule has 85 heavy (non-hydrogen) atoms. The maximum Gasteiger partial charge on any atom is 0.252 e. The highest BCUT2D eigenvalue weighted by Crippen LogP contribution is 2.64. The Bertz CT molecular complexity index is 3980. The second-order valence-corrected chi connectivity index (χ2v) is 31.7. The van der Waals surface area contributed by atoms with E-state index in [-0.39, 0.29) is 50.3 Å². The molecule has 6 aliphatic rings. The molecular weight excluding hydrogens is 1030 g/mol. The van der Waals surface area contributed by atoms with E-state index in [0.717, 1.165) is 19.3 Å². The summed E-state index contributed by atoms with van der Waals surface area (Å²) in [5, 5.41) is 0. The largest absolute Gasteiger partial charge is 0.334 e. The van der Waals surface area contributed by atoms with Gasteiger partial charge in [0, 0.05) is 67.7 Å². The van der Waals surface area contributed by atoms with E-state index < -0.39 is 0 Å². The van der Waals surface area contributed by atoms with E-state index in [9.17, 15) is 0 Å². The molecule has 4 unspecified atom stereocenters. The van der Waals surface area contributed by atoms with E-state index in [1.165, 1.54) is 150 Å². The molecule has 4 atom stereocenters. The molecule has 8 aromatic rings. The van der Waals surface area contributed by atoms with Crippen LogP contribution in [-0.4, -0.2) is 17.8 Å². The molecule has 14 rings (SSSR count). The summed E-state index contributed by atoms with van der Waals surface area (Å²) in [4.78, 5) is 11.0. The Labute approximate surface area is 510 Å². The van der Waals surface area contributed by atoms with Crippen LogP contribution >= 0.6 is 0 Å². The van der Waals surface area contributed by atoms with E-state index in [0.29, 0.717) is 0 Å². The van der Waals surface area contributed by atoms with Gasteiger partial charge in [-0.2, -0.15) is 0 Å².